The third kappa shape index (κ3) is 4.21. The van der Waals surface area contributed by atoms with Crippen LogP contribution in [0, 0.1) is 0 Å². The summed E-state index contributed by atoms with van der Waals surface area (Å²) in [7, 11) is 0. The molecule has 1 fully saturated rings. The summed E-state index contributed by atoms with van der Waals surface area (Å²) in [6.45, 7) is 6.11. The number of nitrogens with zero attached hydrogens (tertiary/aromatic N) is 2. The van der Waals surface area contributed by atoms with Gasteiger partial charge in [0.05, 0.1) is 0 Å². The normalized spacial score (nSPS) is 17.7. The van der Waals surface area contributed by atoms with Crippen LogP contribution in [0.25, 0.3) is 0 Å². The maximum absolute atomic E-state index is 2.62. The second-order valence-corrected chi connectivity index (χ2v) is 5.85. The van der Waals surface area contributed by atoms with Crippen molar-refractivity contribution >= 4 is 17.4 Å². The number of hydrogen-bond donors (Lipinski definition) is 0. The van der Waals surface area contributed by atoms with E-state index in [4.69, 9.17) is 0 Å². The van der Waals surface area contributed by atoms with Crippen LogP contribution in [0.5, 0.6) is 0 Å². The van der Waals surface area contributed by atoms with E-state index in [0.29, 0.717) is 0 Å². The van der Waals surface area contributed by atoms with Gasteiger partial charge in [0.25, 0.3) is 0 Å². The molecule has 1 saturated heterocycles. The van der Waals surface area contributed by atoms with Crippen molar-refractivity contribution in [3.05, 3.63) is 30.3 Å². The predicted molar refractivity (Wildman–Crippen MR) is 82.7 cm³/mol. The molecule has 0 unspecified atom stereocenters. The first-order chi connectivity index (χ1) is 8.90. The van der Waals surface area contributed by atoms with E-state index in [1.54, 1.807) is 0 Å². The summed E-state index contributed by atoms with van der Waals surface area (Å²) >= 11 is 1.96. The number of hydrogen-bond acceptors (Lipinski definition) is 3. The van der Waals surface area contributed by atoms with E-state index in [0.717, 1.165) is 0 Å². The van der Waals surface area contributed by atoms with E-state index in [2.05, 4.69) is 46.4 Å². The Bertz CT molecular complexity index is 329. The Balaban J connectivity index is 1.81. The first-order valence-corrected chi connectivity index (χ1v) is 8.31. The molecule has 1 aliphatic rings. The molecule has 0 spiro atoms. The highest BCUT2D eigenvalue weighted by Crippen LogP contribution is 2.15. The highest BCUT2D eigenvalue weighted by Gasteiger charge is 2.14. The zero-order chi connectivity index (χ0) is 12.6. The van der Waals surface area contributed by atoms with Crippen LogP contribution < -0.4 is 4.90 Å². The molecule has 0 saturated carbocycles. The Labute approximate surface area is 115 Å². The van der Waals surface area contributed by atoms with Crippen molar-refractivity contribution in [3.8, 4) is 0 Å². The number of thioether (sulfide) groups is 1. The molecule has 18 heavy (non-hydrogen) atoms. The van der Waals surface area contributed by atoms with Crippen LogP contribution >= 0.6 is 11.8 Å². The van der Waals surface area contributed by atoms with Crippen LogP contribution in [0.1, 0.15) is 12.8 Å². The maximum atomic E-state index is 2.62. The van der Waals surface area contributed by atoms with Crippen molar-refractivity contribution in [1.82, 2.24) is 4.90 Å². The molecule has 0 N–H and O–H groups in total. The van der Waals surface area contributed by atoms with Gasteiger partial charge in [0.2, 0.25) is 0 Å². The van der Waals surface area contributed by atoms with Gasteiger partial charge in [-0.1, -0.05) is 18.2 Å². The SMILES string of the molecule is CSCCCN1CCCN(c2ccccc2)CC1. The molecule has 1 aliphatic heterocycles. The molecule has 0 amide bonds. The lowest BCUT2D eigenvalue weighted by molar-refractivity contribution is 0.295. The fraction of sp³-hybridized carbons (Fsp3) is 0.600. The second kappa shape index (κ2) is 7.70. The van der Waals surface area contributed by atoms with Gasteiger partial charge in [-0.3, -0.25) is 0 Å². The lowest BCUT2D eigenvalue weighted by Crippen LogP contribution is -2.31. The molecule has 3 heteroatoms. The lowest BCUT2D eigenvalue weighted by Gasteiger charge is -2.23. The van der Waals surface area contributed by atoms with Crippen molar-refractivity contribution < 1.29 is 0 Å². The van der Waals surface area contributed by atoms with Gasteiger partial charge in [-0.2, -0.15) is 11.8 Å². The van der Waals surface area contributed by atoms with Crippen LogP contribution in [0.3, 0.4) is 0 Å². The van der Waals surface area contributed by atoms with Gasteiger partial charge in [0.15, 0.2) is 0 Å². The quantitative estimate of drug-likeness (QED) is 0.755. The van der Waals surface area contributed by atoms with Crippen molar-refractivity contribution in [1.29, 1.82) is 0 Å². The maximum Gasteiger partial charge on any atom is 0.0366 e. The average Bonchev–Trinajstić information content (AvgIpc) is 2.66. The minimum absolute atomic E-state index is 1.17. The molecule has 2 nitrogen and oxygen atoms in total. The summed E-state index contributed by atoms with van der Waals surface area (Å²) in [5.74, 6) is 1.29. The smallest absolute Gasteiger partial charge is 0.0366 e. The molecule has 0 atom stereocenters. The summed E-state index contributed by atoms with van der Waals surface area (Å²) in [4.78, 5) is 5.15. The summed E-state index contributed by atoms with van der Waals surface area (Å²) in [5, 5.41) is 0. The Morgan fingerprint density at radius 3 is 2.67 bits per heavy atom. The summed E-state index contributed by atoms with van der Waals surface area (Å²) in [6, 6.07) is 10.8. The van der Waals surface area contributed by atoms with Crippen LogP contribution in [0.2, 0.25) is 0 Å². The topological polar surface area (TPSA) is 6.48 Å². The highest BCUT2D eigenvalue weighted by atomic mass is 32.2. The van der Waals surface area contributed by atoms with Gasteiger partial charge >= 0.3 is 0 Å². The second-order valence-electron chi connectivity index (χ2n) is 4.86. The minimum Gasteiger partial charge on any atom is -0.370 e. The largest absolute Gasteiger partial charge is 0.370 e. The Morgan fingerprint density at radius 2 is 1.89 bits per heavy atom. The first-order valence-electron chi connectivity index (χ1n) is 6.91. The molecular formula is C15H24N2S. The summed E-state index contributed by atoms with van der Waals surface area (Å²) in [6.07, 6.45) is 4.81. The lowest BCUT2D eigenvalue weighted by atomic mass is 10.3. The molecule has 100 valence electrons. The number of para-hydroxylation sites is 1. The fourth-order valence-corrected chi connectivity index (χ4v) is 2.94. The van der Waals surface area contributed by atoms with Crippen molar-refractivity contribution in [3.63, 3.8) is 0 Å². The monoisotopic (exact) mass is 264 g/mol. The van der Waals surface area contributed by atoms with Crippen molar-refractivity contribution in [2.75, 3.05) is 49.6 Å². The van der Waals surface area contributed by atoms with Crippen LogP contribution in [0.15, 0.2) is 30.3 Å². The molecule has 1 aromatic rings. The molecule has 0 aromatic heterocycles. The van der Waals surface area contributed by atoms with Gasteiger partial charge in [0.1, 0.15) is 0 Å². The predicted octanol–water partition coefficient (Wildman–Crippen LogP) is 2.95. The standard InChI is InChI=1S/C15H24N2S/c1-18-14-6-10-16-9-5-11-17(13-12-16)15-7-3-2-4-8-15/h2-4,7-8H,5-6,9-14H2,1H3. The van der Waals surface area contributed by atoms with E-state index in [1.165, 1.54) is 57.0 Å². The molecule has 1 aromatic carbocycles. The average molecular weight is 264 g/mol. The minimum atomic E-state index is 1.17. The van der Waals surface area contributed by atoms with Crippen LogP contribution in [-0.2, 0) is 0 Å². The van der Waals surface area contributed by atoms with Gasteiger partial charge in [-0.05, 0) is 50.1 Å². The van der Waals surface area contributed by atoms with Crippen molar-refractivity contribution in [2.24, 2.45) is 0 Å². The Kier molecular flexibility index (Phi) is 5.88. The molecule has 2 rings (SSSR count). The van der Waals surface area contributed by atoms with E-state index in [1.807, 2.05) is 11.8 Å². The van der Waals surface area contributed by atoms with Crippen LogP contribution in [-0.4, -0.2) is 49.6 Å². The number of rotatable bonds is 5. The number of anilines is 1. The van der Waals surface area contributed by atoms with Gasteiger partial charge < -0.3 is 9.80 Å². The molecule has 0 radical (unpaired) electrons. The fourth-order valence-electron chi connectivity index (χ4n) is 2.52. The zero-order valence-electron chi connectivity index (χ0n) is 11.3. The molecular weight excluding hydrogens is 240 g/mol. The Morgan fingerprint density at radius 1 is 1.06 bits per heavy atom. The van der Waals surface area contributed by atoms with Gasteiger partial charge in [0, 0.05) is 25.3 Å². The number of benzene rings is 1. The summed E-state index contributed by atoms with van der Waals surface area (Å²) in [5.41, 5.74) is 1.38. The third-order valence-electron chi connectivity index (χ3n) is 3.53. The highest BCUT2D eigenvalue weighted by molar-refractivity contribution is 7.98. The van der Waals surface area contributed by atoms with Gasteiger partial charge in [-0.15, -0.1) is 0 Å². The Hall–Kier alpha value is -0.670. The van der Waals surface area contributed by atoms with E-state index in [9.17, 15) is 0 Å². The van der Waals surface area contributed by atoms with Crippen molar-refractivity contribution in [2.45, 2.75) is 12.8 Å². The van der Waals surface area contributed by atoms with E-state index >= 15 is 0 Å². The molecule has 0 bridgehead atoms. The van der Waals surface area contributed by atoms with Crippen LogP contribution in [0.4, 0.5) is 5.69 Å². The third-order valence-corrected chi connectivity index (χ3v) is 4.23. The van der Waals surface area contributed by atoms with E-state index < -0.39 is 0 Å². The zero-order valence-corrected chi connectivity index (χ0v) is 12.2. The molecule has 0 aliphatic carbocycles. The summed E-state index contributed by atoms with van der Waals surface area (Å²) < 4.78 is 0. The first kappa shape index (κ1) is 13.8. The van der Waals surface area contributed by atoms with E-state index in [-0.39, 0.29) is 0 Å². The molecule has 1 heterocycles. The van der Waals surface area contributed by atoms with Gasteiger partial charge in [-0.25, -0.2) is 0 Å².